The van der Waals surface area contributed by atoms with Gasteiger partial charge in [0.25, 0.3) is 0 Å². The lowest BCUT2D eigenvalue weighted by atomic mass is 9.98. The van der Waals surface area contributed by atoms with Gasteiger partial charge in [0.15, 0.2) is 11.6 Å². The summed E-state index contributed by atoms with van der Waals surface area (Å²) in [7, 11) is 0. The number of aromatic nitrogens is 1. The zero-order valence-corrected chi connectivity index (χ0v) is 14.0. The van der Waals surface area contributed by atoms with E-state index < -0.39 is 11.6 Å². The van der Waals surface area contributed by atoms with E-state index in [1.807, 2.05) is 6.07 Å². The minimum atomic E-state index is -1.02. The number of hydrogen-bond donors (Lipinski definition) is 1. The summed E-state index contributed by atoms with van der Waals surface area (Å²) in [5, 5.41) is 10.1. The quantitative estimate of drug-likeness (QED) is 0.647. The third kappa shape index (κ3) is 3.27. The Morgan fingerprint density at radius 1 is 0.920 bits per heavy atom. The Morgan fingerprint density at radius 2 is 1.64 bits per heavy atom. The van der Waals surface area contributed by atoms with Crippen molar-refractivity contribution in [2.24, 2.45) is 0 Å². The van der Waals surface area contributed by atoms with Crippen LogP contribution in [0.3, 0.4) is 0 Å². The van der Waals surface area contributed by atoms with E-state index in [0.29, 0.717) is 32.4 Å². The van der Waals surface area contributed by atoms with Gasteiger partial charge in [-0.25, -0.2) is 13.8 Å². The maximum atomic E-state index is 13.6. The molecule has 0 aliphatic rings. The van der Waals surface area contributed by atoms with Crippen molar-refractivity contribution in [3.63, 3.8) is 0 Å². The number of hydrogen-bond acceptors (Lipinski definition) is 3. The first-order valence-electron chi connectivity index (χ1n) is 7.02. The van der Waals surface area contributed by atoms with Crippen molar-refractivity contribution in [1.29, 1.82) is 5.26 Å². The molecule has 3 rings (SSSR count). The van der Waals surface area contributed by atoms with Gasteiger partial charge in [-0.1, -0.05) is 35.3 Å². The summed E-state index contributed by atoms with van der Waals surface area (Å²) in [5.74, 6) is -2.02. The molecule has 7 heteroatoms. The van der Waals surface area contributed by atoms with Gasteiger partial charge in [0.2, 0.25) is 0 Å². The van der Waals surface area contributed by atoms with Crippen LogP contribution in [0.15, 0.2) is 42.5 Å². The van der Waals surface area contributed by atoms with Crippen LogP contribution in [0.1, 0.15) is 5.56 Å². The minimum Gasteiger partial charge on any atom is -0.383 e. The summed E-state index contributed by atoms with van der Waals surface area (Å²) >= 11 is 11.9. The predicted octanol–water partition coefficient (Wildman–Crippen LogP) is 5.45. The first-order valence-corrected chi connectivity index (χ1v) is 7.77. The molecule has 2 aromatic carbocycles. The van der Waals surface area contributed by atoms with Gasteiger partial charge < -0.3 is 5.73 Å². The molecule has 0 amide bonds. The second-order valence-corrected chi connectivity index (χ2v) is 6.00. The van der Waals surface area contributed by atoms with Crippen LogP contribution in [0.4, 0.5) is 14.6 Å². The van der Waals surface area contributed by atoms with E-state index in [9.17, 15) is 14.0 Å². The maximum Gasteiger partial charge on any atom is 0.159 e. The van der Waals surface area contributed by atoms with Crippen LogP contribution in [-0.4, -0.2) is 4.98 Å². The number of nitrogen functional groups attached to an aromatic ring is 1. The topological polar surface area (TPSA) is 62.7 Å². The highest BCUT2D eigenvalue weighted by Crippen LogP contribution is 2.34. The molecule has 0 aliphatic heterocycles. The summed E-state index contributed by atoms with van der Waals surface area (Å²) in [6, 6.07) is 11.8. The Balaban J connectivity index is 2.24. The van der Waals surface area contributed by atoms with E-state index >= 15 is 0 Å². The Morgan fingerprint density at radius 3 is 2.28 bits per heavy atom. The Bertz CT molecular complexity index is 1030. The molecule has 2 N–H and O–H groups in total. The van der Waals surface area contributed by atoms with Crippen molar-refractivity contribution in [1.82, 2.24) is 4.98 Å². The number of nitrogens with two attached hydrogens (primary N) is 1. The summed E-state index contributed by atoms with van der Waals surface area (Å²) in [5.41, 5.74) is 7.66. The number of pyridine rings is 1. The van der Waals surface area contributed by atoms with Gasteiger partial charge in [-0.3, -0.25) is 0 Å². The molecule has 0 radical (unpaired) electrons. The number of rotatable bonds is 2. The number of nitrogens with zero attached hydrogens (tertiary/aromatic N) is 2. The van der Waals surface area contributed by atoms with Gasteiger partial charge in [0.1, 0.15) is 17.5 Å². The van der Waals surface area contributed by atoms with Crippen LogP contribution >= 0.6 is 23.2 Å². The Kier molecular flexibility index (Phi) is 4.58. The summed E-state index contributed by atoms with van der Waals surface area (Å²) < 4.78 is 26.8. The van der Waals surface area contributed by atoms with E-state index in [1.165, 1.54) is 6.07 Å². The van der Waals surface area contributed by atoms with Gasteiger partial charge in [0, 0.05) is 11.1 Å². The fourth-order valence-electron chi connectivity index (χ4n) is 2.38. The number of nitriles is 1. The molecule has 0 bridgehead atoms. The van der Waals surface area contributed by atoms with Crippen LogP contribution in [0.25, 0.3) is 22.4 Å². The molecule has 3 aromatic rings. The lowest BCUT2D eigenvalue weighted by molar-refractivity contribution is 0.509. The highest BCUT2D eigenvalue weighted by Gasteiger charge is 2.15. The smallest absolute Gasteiger partial charge is 0.159 e. The largest absolute Gasteiger partial charge is 0.383 e. The van der Waals surface area contributed by atoms with Gasteiger partial charge in [0.05, 0.1) is 15.7 Å². The second-order valence-electron chi connectivity index (χ2n) is 5.18. The van der Waals surface area contributed by atoms with Gasteiger partial charge >= 0.3 is 0 Å². The van der Waals surface area contributed by atoms with Crippen molar-refractivity contribution in [3.8, 4) is 28.5 Å². The molecule has 0 atom stereocenters. The van der Waals surface area contributed by atoms with Crippen molar-refractivity contribution in [2.45, 2.75) is 0 Å². The van der Waals surface area contributed by atoms with Crippen molar-refractivity contribution in [2.75, 3.05) is 5.73 Å². The van der Waals surface area contributed by atoms with Crippen LogP contribution in [0.5, 0.6) is 0 Å². The van der Waals surface area contributed by atoms with Crippen molar-refractivity contribution in [3.05, 3.63) is 69.7 Å². The SMILES string of the molecule is N#Cc1c(-c2ccc(F)c(F)c2)cc(-c2ccc(Cl)c(Cl)c2)nc1N. The van der Waals surface area contributed by atoms with Gasteiger partial charge in [-0.15, -0.1) is 0 Å². The van der Waals surface area contributed by atoms with Crippen molar-refractivity contribution >= 4 is 29.0 Å². The zero-order valence-electron chi connectivity index (χ0n) is 12.5. The molecule has 1 aromatic heterocycles. The fourth-order valence-corrected chi connectivity index (χ4v) is 2.68. The molecule has 1 heterocycles. The van der Waals surface area contributed by atoms with Crippen LogP contribution in [-0.2, 0) is 0 Å². The molecule has 25 heavy (non-hydrogen) atoms. The van der Waals surface area contributed by atoms with E-state index in [1.54, 1.807) is 24.3 Å². The zero-order chi connectivity index (χ0) is 18.1. The van der Waals surface area contributed by atoms with Gasteiger partial charge in [-0.05, 0) is 35.9 Å². The Hall–Kier alpha value is -2.68. The number of halogens is 4. The molecule has 0 fully saturated rings. The number of anilines is 1. The van der Waals surface area contributed by atoms with E-state index in [-0.39, 0.29) is 11.4 Å². The molecule has 0 saturated carbocycles. The second kappa shape index (κ2) is 6.67. The van der Waals surface area contributed by atoms with Crippen LogP contribution in [0, 0.1) is 23.0 Å². The Labute approximate surface area is 152 Å². The predicted molar refractivity (Wildman–Crippen MR) is 94.2 cm³/mol. The first-order chi connectivity index (χ1) is 11.9. The highest BCUT2D eigenvalue weighted by molar-refractivity contribution is 6.42. The lowest BCUT2D eigenvalue weighted by Crippen LogP contribution is -2.00. The maximum absolute atomic E-state index is 13.6. The third-order valence-corrected chi connectivity index (χ3v) is 4.34. The van der Waals surface area contributed by atoms with Gasteiger partial charge in [-0.2, -0.15) is 5.26 Å². The van der Waals surface area contributed by atoms with Crippen molar-refractivity contribution < 1.29 is 8.78 Å². The average Bonchev–Trinajstić information content (AvgIpc) is 2.59. The monoisotopic (exact) mass is 375 g/mol. The number of benzene rings is 2. The van der Waals surface area contributed by atoms with E-state index in [2.05, 4.69) is 4.98 Å². The molecule has 0 spiro atoms. The van der Waals surface area contributed by atoms with Crippen LogP contribution in [0.2, 0.25) is 10.0 Å². The van der Waals surface area contributed by atoms with E-state index in [4.69, 9.17) is 28.9 Å². The summed E-state index contributed by atoms with van der Waals surface area (Å²) in [4.78, 5) is 4.20. The standard InChI is InChI=1S/C18H9Cl2F2N3/c19-13-3-1-10(5-14(13)20)17-7-11(12(8-23)18(24)25-17)9-2-4-15(21)16(22)6-9/h1-7H,(H2,24,25). The third-order valence-electron chi connectivity index (χ3n) is 3.61. The van der Waals surface area contributed by atoms with E-state index in [0.717, 1.165) is 12.1 Å². The molecule has 0 aliphatic carbocycles. The minimum absolute atomic E-state index is 0.0224. The summed E-state index contributed by atoms with van der Waals surface area (Å²) in [6.45, 7) is 0. The lowest BCUT2D eigenvalue weighted by Gasteiger charge is -2.11. The normalized spacial score (nSPS) is 10.5. The molecule has 3 nitrogen and oxygen atoms in total. The summed E-state index contributed by atoms with van der Waals surface area (Å²) in [6.07, 6.45) is 0. The first kappa shape index (κ1) is 17.2. The average molecular weight is 376 g/mol. The molecule has 124 valence electrons. The molecular weight excluding hydrogens is 367 g/mol. The van der Waals surface area contributed by atoms with Crippen LogP contribution < -0.4 is 5.73 Å². The molecule has 0 saturated heterocycles. The fraction of sp³-hybridized carbons (Fsp3) is 0. The highest BCUT2D eigenvalue weighted by atomic mass is 35.5. The molecule has 0 unspecified atom stereocenters. The molecular formula is C18H9Cl2F2N3.